The maximum Gasteiger partial charge on any atom is 0.294 e. The summed E-state index contributed by atoms with van der Waals surface area (Å²) in [7, 11) is -4.00. The molecule has 118 valence electrons. The van der Waals surface area contributed by atoms with Gasteiger partial charge < -0.3 is 4.74 Å². The zero-order valence-corrected chi connectivity index (χ0v) is 13.1. The third-order valence-corrected chi connectivity index (χ3v) is 3.63. The largest absolute Gasteiger partial charge is 0.457 e. The van der Waals surface area contributed by atoms with E-state index in [0.717, 1.165) is 11.5 Å². The van der Waals surface area contributed by atoms with Gasteiger partial charge in [-0.15, -0.1) is 0 Å². The highest BCUT2D eigenvalue weighted by atomic mass is 32.2. The number of benzene rings is 3. The van der Waals surface area contributed by atoms with E-state index < -0.39 is 10.1 Å². The van der Waals surface area contributed by atoms with E-state index in [2.05, 4.69) is 0 Å². The van der Waals surface area contributed by atoms with Crippen molar-refractivity contribution in [3.05, 3.63) is 91.0 Å². The average molecular weight is 328 g/mol. The fraction of sp³-hybridized carbons (Fsp3) is 0. The van der Waals surface area contributed by atoms with E-state index in [0.29, 0.717) is 0 Å². The first-order chi connectivity index (χ1) is 11.1. The summed E-state index contributed by atoms with van der Waals surface area (Å²) in [5.41, 5.74) is 0. The Hall–Kier alpha value is -2.63. The summed E-state index contributed by atoms with van der Waals surface area (Å²) < 4.78 is 34.8. The molecule has 0 saturated carbocycles. The summed E-state index contributed by atoms with van der Waals surface area (Å²) in [4.78, 5) is -0.0741. The lowest BCUT2D eigenvalue weighted by Gasteiger charge is -2.03. The lowest BCUT2D eigenvalue weighted by Crippen LogP contribution is -1.96. The van der Waals surface area contributed by atoms with Crippen molar-refractivity contribution in [2.45, 2.75) is 4.90 Å². The van der Waals surface area contributed by atoms with Gasteiger partial charge in [0.1, 0.15) is 11.5 Å². The Morgan fingerprint density at radius 1 is 0.609 bits per heavy atom. The average Bonchev–Trinajstić information content (AvgIpc) is 2.57. The molecule has 0 atom stereocenters. The Morgan fingerprint density at radius 2 is 0.957 bits per heavy atom. The number of hydrogen-bond donors (Lipinski definition) is 1. The van der Waals surface area contributed by atoms with Crippen LogP contribution in [-0.2, 0) is 10.1 Å². The van der Waals surface area contributed by atoms with Crippen LogP contribution in [0.3, 0.4) is 0 Å². The quantitative estimate of drug-likeness (QED) is 0.723. The SMILES string of the molecule is O=S(=O)(O)c1ccccc1.c1ccc(Oc2ccccc2)cc1. The Labute approximate surface area is 135 Å². The van der Waals surface area contributed by atoms with E-state index in [4.69, 9.17) is 9.29 Å². The van der Waals surface area contributed by atoms with Crippen LogP contribution in [0.25, 0.3) is 0 Å². The predicted molar refractivity (Wildman–Crippen MR) is 89.2 cm³/mol. The maximum absolute atomic E-state index is 10.4. The Morgan fingerprint density at radius 3 is 1.26 bits per heavy atom. The second-order valence-corrected chi connectivity index (χ2v) is 5.94. The molecule has 0 aromatic heterocycles. The first kappa shape index (κ1) is 16.7. The van der Waals surface area contributed by atoms with Gasteiger partial charge in [0.25, 0.3) is 10.1 Å². The lowest BCUT2D eigenvalue weighted by molar-refractivity contribution is 0.482. The molecule has 0 aliphatic carbocycles. The standard InChI is InChI=1S/C12H10O.C6H6O3S/c1-3-7-11(8-4-1)13-12-9-5-2-6-10-12;7-10(8,9)6-4-2-1-3-5-6/h1-10H;1-5H,(H,7,8,9). The topological polar surface area (TPSA) is 63.6 Å². The van der Waals surface area contributed by atoms with Gasteiger partial charge in [-0.1, -0.05) is 54.6 Å². The molecule has 5 heteroatoms. The van der Waals surface area contributed by atoms with Gasteiger partial charge in [0.2, 0.25) is 0 Å². The summed E-state index contributed by atoms with van der Waals surface area (Å²) in [5.74, 6) is 1.74. The van der Waals surface area contributed by atoms with Gasteiger partial charge in [-0.2, -0.15) is 8.42 Å². The van der Waals surface area contributed by atoms with Crippen molar-refractivity contribution in [1.29, 1.82) is 0 Å². The van der Waals surface area contributed by atoms with Crippen LogP contribution in [0.1, 0.15) is 0 Å². The monoisotopic (exact) mass is 328 g/mol. The van der Waals surface area contributed by atoms with Crippen molar-refractivity contribution in [3.8, 4) is 11.5 Å². The number of rotatable bonds is 3. The van der Waals surface area contributed by atoms with Crippen LogP contribution in [0.4, 0.5) is 0 Å². The molecule has 0 radical (unpaired) electrons. The minimum absolute atomic E-state index is 0.0741. The highest BCUT2D eigenvalue weighted by Crippen LogP contribution is 2.19. The predicted octanol–water partition coefficient (Wildman–Crippen LogP) is 4.41. The molecule has 0 bridgehead atoms. The fourth-order valence-corrected chi connectivity index (χ4v) is 2.21. The van der Waals surface area contributed by atoms with Crippen LogP contribution < -0.4 is 4.74 Å². The van der Waals surface area contributed by atoms with Crippen molar-refractivity contribution >= 4 is 10.1 Å². The van der Waals surface area contributed by atoms with Crippen LogP contribution in [0.5, 0.6) is 11.5 Å². The Balaban J connectivity index is 0.000000174. The summed E-state index contributed by atoms with van der Waals surface area (Å²) in [6.45, 7) is 0. The molecule has 3 aromatic rings. The zero-order valence-electron chi connectivity index (χ0n) is 12.2. The van der Waals surface area contributed by atoms with Gasteiger partial charge in [0.05, 0.1) is 4.90 Å². The first-order valence-electron chi connectivity index (χ1n) is 6.86. The van der Waals surface area contributed by atoms with E-state index in [1.165, 1.54) is 12.1 Å². The maximum atomic E-state index is 10.4. The number of para-hydroxylation sites is 2. The van der Waals surface area contributed by atoms with Gasteiger partial charge >= 0.3 is 0 Å². The molecule has 0 amide bonds. The van der Waals surface area contributed by atoms with E-state index in [1.54, 1.807) is 18.2 Å². The number of hydrogen-bond acceptors (Lipinski definition) is 3. The van der Waals surface area contributed by atoms with Gasteiger partial charge in [-0.25, -0.2) is 0 Å². The van der Waals surface area contributed by atoms with Crippen molar-refractivity contribution < 1.29 is 17.7 Å². The normalized spacial score (nSPS) is 10.3. The van der Waals surface area contributed by atoms with E-state index in [-0.39, 0.29) is 4.90 Å². The zero-order chi connectivity index (χ0) is 16.5. The lowest BCUT2D eigenvalue weighted by atomic mass is 10.3. The summed E-state index contributed by atoms with van der Waals surface area (Å²) in [6, 6.07) is 26.9. The molecule has 3 rings (SSSR count). The highest BCUT2D eigenvalue weighted by molar-refractivity contribution is 7.85. The summed E-state index contributed by atoms with van der Waals surface area (Å²) >= 11 is 0. The van der Waals surface area contributed by atoms with Crippen LogP contribution in [0.2, 0.25) is 0 Å². The molecule has 4 nitrogen and oxygen atoms in total. The van der Waals surface area contributed by atoms with Crippen molar-refractivity contribution in [2.24, 2.45) is 0 Å². The molecule has 0 aliphatic heterocycles. The molecular weight excluding hydrogens is 312 g/mol. The molecular formula is C18H16O4S. The van der Waals surface area contributed by atoms with Crippen molar-refractivity contribution in [2.75, 3.05) is 0 Å². The van der Waals surface area contributed by atoms with Crippen molar-refractivity contribution in [3.63, 3.8) is 0 Å². The summed E-state index contributed by atoms with van der Waals surface area (Å²) in [5, 5.41) is 0. The molecule has 3 aromatic carbocycles. The number of ether oxygens (including phenoxy) is 1. The van der Waals surface area contributed by atoms with Gasteiger partial charge in [-0.05, 0) is 36.4 Å². The third kappa shape index (κ3) is 5.94. The van der Waals surface area contributed by atoms with Crippen LogP contribution in [0, 0.1) is 0 Å². The molecule has 0 spiro atoms. The third-order valence-electron chi connectivity index (χ3n) is 2.76. The molecule has 0 unspecified atom stereocenters. The van der Waals surface area contributed by atoms with Crippen molar-refractivity contribution in [1.82, 2.24) is 0 Å². The minimum atomic E-state index is -4.00. The molecule has 0 fully saturated rings. The molecule has 23 heavy (non-hydrogen) atoms. The molecule has 0 aliphatic rings. The van der Waals surface area contributed by atoms with Crippen LogP contribution in [-0.4, -0.2) is 13.0 Å². The molecule has 0 heterocycles. The van der Waals surface area contributed by atoms with Gasteiger partial charge in [-0.3, -0.25) is 4.55 Å². The second-order valence-electron chi connectivity index (χ2n) is 4.52. The first-order valence-corrected chi connectivity index (χ1v) is 8.30. The van der Waals surface area contributed by atoms with Gasteiger partial charge in [0, 0.05) is 0 Å². The van der Waals surface area contributed by atoms with Crippen LogP contribution >= 0.6 is 0 Å². The summed E-state index contributed by atoms with van der Waals surface area (Å²) in [6.07, 6.45) is 0. The van der Waals surface area contributed by atoms with Crippen LogP contribution in [0.15, 0.2) is 95.9 Å². The highest BCUT2D eigenvalue weighted by Gasteiger charge is 2.05. The molecule has 1 N–H and O–H groups in total. The second kappa shape index (κ2) is 8.12. The minimum Gasteiger partial charge on any atom is -0.457 e. The molecule has 0 saturated heterocycles. The fourth-order valence-electron chi connectivity index (χ4n) is 1.71. The van der Waals surface area contributed by atoms with E-state index >= 15 is 0 Å². The van der Waals surface area contributed by atoms with Gasteiger partial charge in [0.15, 0.2) is 0 Å². The Kier molecular flexibility index (Phi) is 5.91. The van der Waals surface area contributed by atoms with E-state index in [9.17, 15) is 8.42 Å². The smallest absolute Gasteiger partial charge is 0.294 e. The Bertz CT molecular complexity index is 764. The van der Waals surface area contributed by atoms with E-state index in [1.807, 2.05) is 60.7 Å².